The fourth-order valence-corrected chi connectivity index (χ4v) is 3.02. The predicted molar refractivity (Wildman–Crippen MR) is 85.7 cm³/mol. The average molecular weight is 321 g/mol. The number of rotatable bonds is 2. The maximum atomic E-state index is 10.7. The lowest BCUT2D eigenvalue weighted by Gasteiger charge is -2.33. The number of nitrogens with zero attached hydrogens (tertiary/aromatic N) is 3. The minimum absolute atomic E-state index is 0.000400. The molecule has 1 aliphatic heterocycles. The Morgan fingerprint density at radius 1 is 1.36 bits per heavy atom. The maximum Gasteiger partial charge on any atom is 0.404 e. The van der Waals surface area contributed by atoms with Crippen molar-refractivity contribution in [3.05, 3.63) is 29.0 Å². The molecular weight excluding hydrogens is 304 g/mol. The van der Waals surface area contributed by atoms with Gasteiger partial charge in [0.05, 0.1) is 5.52 Å². The first kappa shape index (κ1) is 14.8. The SMILES string of the molecule is Cc1ccc2c(N3CCC(NC(=O)O)CC3)nc(Cl)nc2c1. The number of carboxylic acid groups (broad SMARTS) is 1. The monoisotopic (exact) mass is 320 g/mol. The maximum absolute atomic E-state index is 10.7. The average Bonchev–Trinajstić information content (AvgIpc) is 2.46. The molecule has 2 aromatic rings. The summed E-state index contributed by atoms with van der Waals surface area (Å²) in [6.07, 6.45) is 0.534. The van der Waals surface area contributed by atoms with E-state index >= 15 is 0 Å². The molecule has 0 radical (unpaired) electrons. The lowest BCUT2D eigenvalue weighted by atomic mass is 10.0. The van der Waals surface area contributed by atoms with E-state index in [1.807, 2.05) is 25.1 Å². The number of nitrogens with one attached hydrogen (secondary N) is 1. The summed E-state index contributed by atoms with van der Waals surface area (Å²) in [6.45, 7) is 3.49. The van der Waals surface area contributed by atoms with Gasteiger partial charge in [-0.1, -0.05) is 6.07 Å². The zero-order valence-corrected chi connectivity index (χ0v) is 13.0. The molecule has 1 aromatic heterocycles. The van der Waals surface area contributed by atoms with Gasteiger partial charge >= 0.3 is 6.09 Å². The van der Waals surface area contributed by atoms with Crippen LogP contribution in [0.2, 0.25) is 5.28 Å². The van der Waals surface area contributed by atoms with Gasteiger partial charge in [0.1, 0.15) is 5.82 Å². The van der Waals surface area contributed by atoms with Crippen LogP contribution in [-0.2, 0) is 0 Å². The molecule has 6 nitrogen and oxygen atoms in total. The third kappa shape index (κ3) is 3.06. The third-order valence-electron chi connectivity index (χ3n) is 3.93. The Hall–Kier alpha value is -2.08. The Labute approximate surface area is 133 Å². The van der Waals surface area contributed by atoms with Crippen molar-refractivity contribution in [2.75, 3.05) is 18.0 Å². The van der Waals surface area contributed by atoms with Crippen molar-refractivity contribution in [1.29, 1.82) is 0 Å². The van der Waals surface area contributed by atoms with E-state index in [0.717, 1.165) is 48.2 Å². The van der Waals surface area contributed by atoms with Crippen molar-refractivity contribution < 1.29 is 9.90 Å². The lowest BCUT2D eigenvalue weighted by Crippen LogP contribution is -2.44. The second kappa shape index (κ2) is 5.96. The molecule has 0 saturated carbocycles. The van der Waals surface area contributed by atoms with E-state index in [-0.39, 0.29) is 11.3 Å². The van der Waals surface area contributed by atoms with Crippen LogP contribution in [0, 0.1) is 6.92 Å². The number of hydrogen-bond donors (Lipinski definition) is 2. The molecule has 0 unspecified atom stereocenters. The van der Waals surface area contributed by atoms with Gasteiger partial charge < -0.3 is 15.3 Å². The van der Waals surface area contributed by atoms with Crippen molar-refractivity contribution in [2.45, 2.75) is 25.8 Å². The van der Waals surface area contributed by atoms with Crippen LogP contribution < -0.4 is 10.2 Å². The molecule has 2 N–H and O–H groups in total. The number of anilines is 1. The van der Waals surface area contributed by atoms with Gasteiger partial charge in [0.25, 0.3) is 0 Å². The first-order chi connectivity index (χ1) is 10.5. The molecule has 0 bridgehead atoms. The van der Waals surface area contributed by atoms with Crippen LogP contribution in [0.4, 0.5) is 10.6 Å². The summed E-state index contributed by atoms with van der Waals surface area (Å²) in [5.41, 5.74) is 1.96. The van der Waals surface area contributed by atoms with Crippen LogP contribution in [0.25, 0.3) is 10.9 Å². The van der Waals surface area contributed by atoms with Crippen LogP contribution in [0.1, 0.15) is 18.4 Å². The van der Waals surface area contributed by atoms with Crippen molar-refractivity contribution in [1.82, 2.24) is 15.3 Å². The Morgan fingerprint density at radius 3 is 2.77 bits per heavy atom. The van der Waals surface area contributed by atoms with Crippen LogP contribution >= 0.6 is 11.6 Å². The van der Waals surface area contributed by atoms with E-state index in [2.05, 4.69) is 20.2 Å². The summed E-state index contributed by atoms with van der Waals surface area (Å²) < 4.78 is 0. The second-order valence-electron chi connectivity index (χ2n) is 5.55. The van der Waals surface area contributed by atoms with Crippen LogP contribution in [0.3, 0.4) is 0 Å². The molecule has 7 heteroatoms. The van der Waals surface area contributed by atoms with Gasteiger partial charge in [-0.25, -0.2) is 9.78 Å². The molecule has 1 saturated heterocycles. The quantitative estimate of drug-likeness (QED) is 0.832. The fraction of sp³-hybridized carbons (Fsp3) is 0.400. The molecule has 2 heterocycles. The highest BCUT2D eigenvalue weighted by molar-refractivity contribution is 6.28. The summed E-state index contributed by atoms with van der Waals surface area (Å²) in [5.74, 6) is 0.823. The van der Waals surface area contributed by atoms with Crippen molar-refractivity contribution in [3.8, 4) is 0 Å². The third-order valence-corrected chi connectivity index (χ3v) is 4.10. The van der Waals surface area contributed by atoms with Gasteiger partial charge in [-0.05, 0) is 49.1 Å². The number of piperidine rings is 1. The van der Waals surface area contributed by atoms with Crippen LogP contribution in [0.15, 0.2) is 18.2 Å². The summed E-state index contributed by atoms with van der Waals surface area (Å²) in [5, 5.41) is 12.5. The Bertz CT molecular complexity index is 709. The van der Waals surface area contributed by atoms with E-state index in [9.17, 15) is 4.79 Å². The van der Waals surface area contributed by atoms with Gasteiger partial charge in [0.2, 0.25) is 5.28 Å². The minimum atomic E-state index is -0.968. The van der Waals surface area contributed by atoms with Gasteiger partial charge in [-0.15, -0.1) is 0 Å². The largest absolute Gasteiger partial charge is 0.465 e. The number of halogens is 1. The molecule has 3 rings (SSSR count). The van der Waals surface area contributed by atoms with Crippen molar-refractivity contribution in [2.24, 2.45) is 0 Å². The summed E-state index contributed by atoms with van der Waals surface area (Å²) >= 11 is 6.05. The summed E-state index contributed by atoms with van der Waals surface area (Å²) in [6, 6.07) is 6.03. The minimum Gasteiger partial charge on any atom is -0.465 e. The van der Waals surface area contributed by atoms with Gasteiger partial charge in [0.15, 0.2) is 0 Å². The van der Waals surface area contributed by atoms with Gasteiger partial charge in [-0.3, -0.25) is 0 Å². The number of carbonyl (C=O) groups is 1. The molecule has 1 aliphatic rings. The Balaban J connectivity index is 1.86. The van der Waals surface area contributed by atoms with E-state index in [4.69, 9.17) is 16.7 Å². The molecule has 22 heavy (non-hydrogen) atoms. The number of aryl methyl sites for hydroxylation is 1. The Morgan fingerprint density at radius 2 is 2.09 bits per heavy atom. The number of fused-ring (bicyclic) bond motifs is 1. The van der Waals surface area contributed by atoms with E-state index in [1.54, 1.807) is 0 Å². The normalized spacial score (nSPS) is 16.0. The molecule has 1 fully saturated rings. The van der Waals surface area contributed by atoms with Crippen molar-refractivity contribution >= 4 is 34.4 Å². The van der Waals surface area contributed by atoms with Gasteiger partial charge in [0, 0.05) is 24.5 Å². The molecule has 1 amide bonds. The highest BCUT2D eigenvalue weighted by Crippen LogP contribution is 2.28. The molecule has 1 aromatic carbocycles. The van der Waals surface area contributed by atoms with E-state index < -0.39 is 6.09 Å². The smallest absolute Gasteiger partial charge is 0.404 e. The summed E-state index contributed by atoms with van der Waals surface area (Å²) in [7, 11) is 0. The topological polar surface area (TPSA) is 78.4 Å². The molecule has 0 atom stereocenters. The highest BCUT2D eigenvalue weighted by atomic mass is 35.5. The molecular formula is C15H17ClN4O2. The molecule has 0 aliphatic carbocycles. The van der Waals surface area contributed by atoms with Crippen LogP contribution in [0.5, 0.6) is 0 Å². The summed E-state index contributed by atoms with van der Waals surface area (Å²) in [4.78, 5) is 21.5. The molecule has 116 valence electrons. The number of benzene rings is 1. The molecule has 0 spiro atoms. The van der Waals surface area contributed by atoms with E-state index in [0.29, 0.717) is 0 Å². The van der Waals surface area contributed by atoms with Crippen molar-refractivity contribution in [3.63, 3.8) is 0 Å². The number of amides is 1. The Kier molecular flexibility index (Phi) is 4.02. The first-order valence-electron chi connectivity index (χ1n) is 7.21. The zero-order chi connectivity index (χ0) is 15.7. The van der Waals surface area contributed by atoms with Gasteiger partial charge in [-0.2, -0.15) is 4.98 Å². The fourth-order valence-electron chi connectivity index (χ4n) is 2.85. The number of hydrogen-bond acceptors (Lipinski definition) is 4. The standard InChI is InChI=1S/C15H17ClN4O2/c1-9-2-3-11-12(8-9)18-14(16)19-13(11)20-6-4-10(5-7-20)17-15(21)22/h2-3,8,10,17H,4-7H2,1H3,(H,21,22). The number of aromatic nitrogens is 2. The van der Waals surface area contributed by atoms with Crippen LogP contribution in [-0.4, -0.2) is 40.3 Å². The highest BCUT2D eigenvalue weighted by Gasteiger charge is 2.23. The van der Waals surface area contributed by atoms with E-state index in [1.165, 1.54) is 0 Å². The second-order valence-corrected chi connectivity index (χ2v) is 5.89. The zero-order valence-electron chi connectivity index (χ0n) is 12.2. The lowest BCUT2D eigenvalue weighted by molar-refractivity contribution is 0.187. The first-order valence-corrected chi connectivity index (χ1v) is 7.59. The predicted octanol–water partition coefficient (Wildman–Crippen LogP) is 2.83.